The van der Waals surface area contributed by atoms with Gasteiger partial charge in [0, 0.05) is 21.3 Å². The Labute approximate surface area is 124 Å². The summed E-state index contributed by atoms with van der Waals surface area (Å²) in [5, 5.41) is 5.61. The van der Waals surface area contributed by atoms with Crippen molar-refractivity contribution >= 4 is 38.3 Å². The van der Waals surface area contributed by atoms with E-state index >= 15 is 0 Å². The summed E-state index contributed by atoms with van der Waals surface area (Å²) in [6.07, 6.45) is 2.45. The number of halogens is 1. The summed E-state index contributed by atoms with van der Waals surface area (Å²) < 4.78 is 0.904. The van der Waals surface area contributed by atoms with Gasteiger partial charge in [0.2, 0.25) is 0 Å². The first-order chi connectivity index (χ1) is 9.13. The van der Waals surface area contributed by atoms with Crippen LogP contribution in [0.15, 0.2) is 28.1 Å². The average molecular weight is 337 g/mol. The highest BCUT2D eigenvalue weighted by atomic mass is 79.9. The van der Waals surface area contributed by atoms with Gasteiger partial charge in [0.25, 0.3) is 5.91 Å². The molecule has 0 spiro atoms. The molecular weight excluding hydrogens is 324 g/mol. The van der Waals surface area contributed by atoms with Crippen molar-refractivity contribution in [3.63, 3.8) is 0 Å². The third-order valence-electron chi connectivity index (χ3n) is 3.18. The number of hydrogen-bond acceptors (Lipinski definition) is 3. The molecule has 1 aromatic heterocycles. The number of aromatic nitrogens is 1. The standard InChI is InChI=1S/C14H13BrN2OS/c1-8-2-5-10(15)6-11(8)13(18)17-14-16-12(7-19-14)9-3-4-9/h2,5-7,9H,3-4H2,1H3,(H,16,17,18). The molecule has 3 nitrogen and oxygen atoms in total. The minimum Gasteiger partial charge on any atom is -0.298 e. The number of benzene rings is 1. The van der Waals surface area contributed by atoms with Crippen molar-refractivity contribution in [2.24, 2.45) is 0 Å². The molecule has 1 fully saturated rings. The van der Waals surface area contributed by atoms with Gasteiger partial charge in [-0.3, -0.25) is 10.1 Å². The first kappa shape index (κ1) is 12.8. The predicted octanol–water partition coefficient (Wildman–Crippen LogP) is 4.34. The summed E-state index contributed by atoms with van der Waals surface area (Å²) in [6.45, 7) is 1.93. The zero-order chi connectivity index (χ0) is 13.4. The topological polar surface area (TPSA) is 42.0 Å². The Balaban J connectivity index is 1.77. The summed E-state index contributed by atoms with van der Waals surface area (Å²) in [6, 6.07) is 5.69. The van der Waals surface area contributed by atoms with Crippen LogP contribution in [0.1, 0.15) is 40.4 Å². The molecule has 1 saturated carbocycles. The van der Waals surface area contributed by atoms with Crippen LogP contribution in [0.5, 0.6) is 0 Å². The maximum absolute atomic E-state index is 12.2. The summed E-state index contributed by atoms with van der Waals surface area (Å²) in [4.78, 5) is 16.7. The van der Waals surface area contributed by atoms with Crippen LogP contribution >= 0.6 is 27.3 Å². The molecule has 1 amide bonds. The normalized spacial score (nSPS) is 14.4. The second-order valence-electron chi connectivity index (χ2n) is 4.77. The maximum Gasteiger partial charge on any atom is 0.257 e. The number of carbonyl (C=O) groups excluding carboxylic acids is 1. The Morgan fingerprint density at radius 1 is 1.47 bits per heavy atom. The fraction of sp³-hybridized carbons (Fsp3) is 0.286. The fourth-order valence-electron chi connectivity index (χ4n) is 1.91. The lowest BCUT2D eigenvalue weighted by Gasteiger charge is -2.05. The van der Waals surface area contributed by atoms with E-state index in [1.54, 1.807) is 0 Å². The monoisotopic (exact) mass is 336 g/mol. The summed E-state index contributed by atoms with van der Waals surface area (Å²) in [5.41, 5.74) is 2.75. The molecule has 19 heavy (non-hydrogen) atoms. The molecule has 0 atom stereocenters. The van der Waals surface area contributed by atoms with E-state index in [0.29, 0.717) is 16.6 Å². The van der Waals surface area contributed by atoms with Gasteiger partial charge in [0.1, 0.15) is 0 Å². The van der Waals surface area contributed by atoms with Crippen molar-refractivity contribution in [3.8, 4) is 0 Å². The van der Waals surface area contributed by atoms with Gasteiger partial charge in [-0.2, -0.15) is 0 Å². The van der Waals surface area contributed by atoms with Gasteiger partial charge in [-0.05, 0) is 37.5 Å². The van der Waals surface area contributed by atoms with Crippen molar-refractivity contribution in [3.05, 3.63) is 44.9 Å². The zero-order valence-corrected chi connectivity index (χ0v) is 12.8. The van der Waals surface area contributed by atoms with Crippen LogP contribution in [0, 0.1) is 6.92 Å². The Kier molecular flexibility index (Phi) is 3.41. The largest absolute Gasteiger partial charge is 0.298 e. The number of carbonyl (C=O) groups is 1. The highest BCUT2D eigenvalue weighted by molar-refractivity contribution is 9.10. The number of amides is 1. The van der Waals surface area contributed by atoms with Crippen LogP contribution < -0.4 is 5.32 Å². The number of nitrogens with one attached hydrogen (secondary N) is 1. The van der Waals surface area contributed by atoms with Crippen molar-refractivity contribution < 1.29 is 4.79 Å². The Morgan fingerprint density at radius 2 is 2.26 bits per heavy atom. The Bertz CT molecular complexity index is 634. The Morgan fingerprint density at radius 3 is 3.00 bits per heavy atom. The molecule has 0 radical (unpaired) electrons. The van der Waals surface area contributed by atoms with E-state index in [-0.39, 0.29) is 5.91 Å². The Hall–Kier alpha value is -1.20. The molecule has 0 saturated heterocycles. The summed E-state index contributed by atoms with van der Waals surface area (Å²) in [7, 11) is 0. The highest BCUT2D eigenvalue weighted by Gasteiger charge is 2.26. The van der Waals surface area contributed by atoms with Gasteiger partial charge >= 0.3 is 0 Å². The third kappa shape index (κ3) is 2.87. The van der Waals surface area contributed by atoms with E-state index in [9.17, 15) is 4.79 Å². The lowest BCUT2D eigenvalue weighted by atomic mass is 10.1. The number of hydrogen-bond donors (Lipinski definition) is 1. The minimum absolute atomic E-state index is 0.101. The van der Waals surface area contributed by atoms with E-state index in [1.165, 1.54) is 24.2 Å². The molecule has 1 aliphatic rings. The van der Waals surface area contributed by atoms with Crippen LogP contribution in [0.2, 0.25) is 0 Å². The molecule has 1 aliphatic carbocycles. The SMILES string of the molecule is Cc1ccc(Br)cc1C(=O)Nc1nc(C2CC2)cs1. The second-order valence-corrected chi connectivity index (χ2v) is 6.54. The number of anilines is 1. The van der Waals surface area contributed by atoms with E-state index in [2.05, 4.69) is 26.2 Å². The van der Waals surface area contributed by atoms with Gasteiger partial charge in [-0.1, -0.05) is 22.0 Å². The van der Waals surface area contributed by atoms with Crippen LogP contribution in [-0.2, 0) is 0 Å². The van der Waals surface area contributed by atoms with Gasteiger partial charge < -0.3 is 0 Å². The molecule has 1 N–H and O–H groups in total. The van der Waals surface area contributed by atoms with E-state index in [1.807, 2.05) is 30.5 Å². The summed E-state index contributed by atoms with van der Waals surface area (Å²) in [5.74, 6) is 0.519. The number of rotatable bonds is 3. The molecule has 3 rings (SSSR count). The molecule has 0 bridgehead atoms. The molecule has 1 aromatic carbocycles. The number of thiazole rings is 1. The second kappa shape index (κ2) is 5.06. The van der Waals surface area contributed by atoms with Crippen molar-refractivity contribution in [2.45, 2.75) is 25.7 Å². The van der Waals surface area contributed by atoms with Crippen LogP contribution in [-0.4, -0.2) is 10.9 Å². The van der Waals surface area contributed by atoms with Crippen LogP contribution in [0.3, 0.4) is 0 Å². The molecule has 98 valence electrons. The molecule has 2 aromatic rings. The third-order valence-corrected chi connectivity index (χ3v) is 4.45. The van der Waals surface area contributed by atoms with Crippen LogP contribution in [0.25, 0.3) is 0 Å². The van der Waals surface area contributed by atoms with Gasteiger partial charge in [-0.25, -0.2) is 4.98 Å². The zero-order valence-electron chi connectivity index (χ0n) is 10.4. The average Bonchev–Trinajstić information content (AvgIpc) is 3.13. The predicted molar refractivity (Wildman–Crippen MR) is 80.9 cm³/mol. The highest BCUT2D eigenvalue weighted by Crippen LogP contribution is 2.40. The lowest BCUT2D eigenvalue weighted by molar-refractivity contribution is 0.102. The molecule has 0 aliphatic heterocycles. The molecule has 5 heteroatoms. The van der Waals surface area contributed by atoms with Gasteiger partial charge in [0.05, 0.1) is 5.69 Å². The van der Waals surface area contributed by atoms with E-state index < -0.39 is 0 Å². The molecule has 0 unspecified atom stereocenters. The summed E-state index contributed by atoms with van der Waals surface area (Å²) >= 11 is 4.88. The van der Waals surface area contributed by atoms with Gasteiger partial charge in [0.15, 0.2) is 5.13 Å². The molecule has 1 heterocycles. The number of nitrogens with zero attached hydrogens (tertiary/aromatic N) is 1. The quantitative estimate of drug-likeness (QED) is 0.905. The first-order valence-corrected chi connectivity index (χ1v) is 7.83. The fourth-order valence-corrected chi connectivity index (χ4v) is 3.06. The number of aryl methyl sites for hydroxylation is 1. The smallest absolute Gasteiger partial charge is 0.257 e. The van der Waals surface area contributed by atoms with Crippen molar-refractivity contribution in [1.29, 1.82) is 0 Å². The van der Waals surface area contributed by atoms with Crippen LogP contribution in [0.4, 0.5) is 5.13 Å². The van der Waals surface area contributed by atoms with Crippen molar-refractivity contribution in [2.75, 3.05) is 5.32 Å². The lowest BCUT2D eigenvalue weighted by Crippen LogP contribution is -2.13. The minimum atomic E-state index is -0.101. The maximum atomic E-state index is 12.2. The van der Waals surface area contributed by atoms with E-state index in [4.69, 9.17) is 0 Å². The van der Waals surface area contributed by atoms with E-state index in [0.717, 1.165) is 15.7 Å². The molecular formula is C14H13BrN2OS. The van der Waals surface area contributed by atoms with Crippen molar-refractivity contribution in [1.82, 2.24) is 4.98 Å². The van der Waals surface area contributed by atoms with Gasteiger partial charge in [-0.15, -0.1) is 11.3 Å². The first-order valence-electron chi connectivity index (χ1n) is 6.16.